The Balaban J connectivity index is 1.12. The van der Waals surface area contributed by atoms with E-state index in [1.807, 2.05) is 0 Å². The number of ether oxygens (including phenoxy) is 1. The summed E-state index contributed by atoms with van der Waals surface area (Å²) in [4.78, 5) is 2.56. The highest BCUT2D eigenvalue weighted by Crippen LogP contribution is 2.64. The summed E-state index contributed by atoms with van der Waals surface area (Å²) in [6.07, 6.45) is 8.09. The van der Waals surface area contributed by atoms with Crippen LogP contribution in [-0.4, -0.2) is 0 Å². The minimum absolute atomic E-state index is 0.496. The van der Waals surface area contributed by atoms with E-state index in [1.54, 1.807) is 0 Å². The molecule has 2 heteroatoms. The second-order valence-electron chi connectivity index (χ2n) is 18.8. The number of para-hydroxylation sites is 3. The van der Waals surface area contributed by atoms with Crippen molar-refractivity contribution >= 4 is 22.6 Å². The summed E-state index contributed by atoms with van der Waals surface area (Å²) in [5.74, 6) is 2.26. The molecule has 0 aromatic heterocycles. The van der Waals surface area contributed by atoms with Gasteiger partial charge in [-0.2, -0.15) is 0 Å². The molecule has 0 bridgehead atoms. The Bertz CT molecular complexity index is 3650. The smallest absolute Gasteiger partial charge is 0.132 e. The van der Waals surface area contributed by atoms with Crippen molar-refractivity contribution in [2.75, 3.05) is 4.90 Å². The van der Waals surface area contributed by atoms with Gasteiger partial charge in [-0.25, -0.2) is 0 Å². The van der Waals surface area contributed by atoms with E-state index in [9.17, 15) is 0 Å². The maximum atomic E-state index is 6.77. The molecule has 10 aromatic rings. The van der Waals surface area contributed by atoms with Gasteiger partial charge in [0.05, 0.1) is 16.8 Å². The van der Waals surface area contributed by atoms with E-state index in [-0.39, 0.29) is 0 Å². The fourth-order valence-corrected chi connectivity index (χ4v) is 11.6. The van der Waals surface area contributed by atoms with Gasteiger partial charge in [0.1, 0.15) is 11.5 Å². The summed E-state index contributed by atoms with van der Waals surface area (Å²) in [6, 6.07) is 88.9. The number of rotatable bonds is 8. The van der Waals surface area contributed by atoms with Crippen molar-refractivity contribution in [3.8, 4) is 67.1 Å². The van der Waals surface area contributed by atoms with E-state index in [1.165, 1.54) is 61.2 Å². The van der Waals surface area contributed by atoms with Crippen LogP contribution in [0.4, 0.5) is 17.1 Å². The maximum Gasteiger partial charge on any atom is 0.132 e. The average Bonchev–Trinajstić information content (AvgIpc) is 3.73. The maximum absolute atomic E-state index is 6.77. The van der Waals surface area contributed by atoms with Gasteiger partial charge in [-0.05, 0) is 122 Å². The Morgan fingerprint density at radius 2 is 0.900 bits per heavy atom. The highest BCUT2D eigenvalue weighted by molar-refractivity contribution is 6.03. The molecule has 2 aliphatic carbocycles. The van der Waals surface area contributed by atoms with Crippen molar-refractivity contribution in [2.24, 2.45) is 5.92 Å². The lowest BCUT2D eigenvalue weighted by molar-refractivity contribution is 0.436. The third-order valence-corrected chi connectivity index (χ3v) is 14.7. The van der Waals surface area contributed by atoms with Crippen LogP contribution in [0.2, 0.25) is 0 Å². The van der Waals surface area contributed by atoms with Gasteiger partial charge in [0.2, 0.25) is 0 Å². The van der Waals surface area contributed by atoms with Crippen LogP contribution in [0.15, 0.2) is 261 Å². The zero-order valence-electron chi connectivity index (χ0n) is 39.0. The quantitative estimate of drug-likeness (QED) is 0.151. The predicted molar refractivity (Wildman–Crippen MR) is 291 cm³/mol. The summed E-state index contributed by atoms with van der Waals surface area (Å²) in [6.45, 7) is 2.29. The van der Waals surface area contributed by atoms with Crippen LogP contribution in [0.25, 0.3) is 61.2 Å². The lowest BCUT2D eigenvalue weighted by Crippen LogP contribution is -2.32. The number of fused-ring (bicyclic) bond motifs is 9. The third kappa shape index (κ3) is 6.71. The Morgan fingerprint density at radius 3 is 1.57 bits per heavy atom. The Kier molecular flexibility index (Phi) is 10.1. The second-order valence-corrected chi connectivity index (χ2v) is 18.8. The molecule has 0 amide bonds. The topological polar surface area (TPSA) is 12.5 Å². The van der Waals surface area contributed by atoms with Crippen molar-refractivity contribution in [1.29, 1.82) is 0 Å². The van der Waals surface area contributed by atoms with Crippen molar-refractivity contribution in [2.45, 2.75) is 18.8 Å². The van der Waals surface area contributed by atoms with Gasteiger partial charge in [-0.3, -0.25) is 0 Å². The van der Waals surface area contributed by atoms with E-state index in [4.69, 9.17) is 4.74 Å². The number of hydrogen-bond donors (Lipinski definition) is 0. The van der Waals surface area contributed by atoms with Crippen LogP contribution in [0.5, 0.6) is 11.5 Å². The molecule has 0 saturated carbocycles. The van der Waals surface area contributed by atoms with E-state index in [0.717, 1.165) is 62.8 Å². The van der Waals surface area contributed by atoms with Crippen molar-refractivity contribution in [3.63, 3.8) is 0 Å². The molecule has 1 unspecified atom stereocenters. The van der Waals surface area contributed by atoms with Crippen LogP contribution in [0.3, 0.4) is 0 Å². The summed E-state index contributed by atoms with van der Waals surface area (Å²) >= 11 is 0. The third-order valence-electron chi connectivity index (χ3n) is 14.7. The summed E-state index contributed by atoms with van der Waals surface area (Å²) in [5.41, 5.74) is 21.7. The summed E-state index contributed by atoms with van der Waals surface area (Å²) < 4.78 is 6.77. The number of anilines is 3. The van der Waals surface area contributed by atoms with Gasteiger partial charge >= 0.3 is 0 Å². The van der Waals surface area contributed by atoms with E-state index >= 15 is 0 Å². The lowest BCUT2D eigenvalue weighted by Gasteiger charge is -2.39. The minimum atomic E-state index is -0.627. The molecule has 0 saturated heterocycles. The first-order chi connectivity index (χ1) is 34.6. The van der Waals surface area contributed by atoms with Crippen LogP contribution < -0.4 is 9.64 Å². The Hall–Kier alpha value is -8.72. The first kappa shape index (κ1) is 41.5. The van der Waals surface area contributed by atoms with E-state index < -0.39 is 5.41 Å². The fourth-order valence-electron chi connectivity index (χ4n) is 11.6. The van der Waals surface area contributed by atoms with Gasteiger partial charge in [0.25, 0.3) is 0 Å². The number of allylic oxidation sites excluding steroid dienone is 4. The fraction of sp³-hybridized carbons (Fsp3) is 0.0588. The van der Waals surface area contributed by atoms with E-state index in [2.05, 4.69) is 273 Å². The summed E-state index contributed by atoms with van der Waals surface area (Å²) in [7, 11) is 0. The largest absolute Gasteiger partial charge is 0.457 e. The van der Waals surface area contributed by atoms with Gasteiger partial charge in [-0.1, -0.05) is 225 Å². The van der Waals surface area contributed by atoms with Crippen molar-refractivity contribution in [3.05, 3.63) is 289 Å². The first-order valence-electron chi connectivity index (χ1n) is 24.5. The normalized spacial score (nSPS) is 14.7. The van der Waals surface area contributed by atoms with Gasteiger partial charge < -0.3 is 9.64 Å². The Morgan fingerprint density at radius 1 is 0.400 bits per heavy atom. The molecule has 13 rings (SSSR count). The average molecular weight is 896 g/mol. The molecule has 1 spiro atoms. The molecule has 332 valence electrons. The lowest BCUT2D eigenvalue weighted by atomic mass is 9.66. The zero-order chi connectivity index (χ0) is 46.6. The monoisotopic (exact) mass is 895 g/mol. The van der Waals surface area contributed by atoms with Gasteiger partial charge in [0.15, 0.2) is 0 Å². The molecule has 3 aliphatic rings. The molecular weight excluding hydrogens is 847 g/mol. The molecule has 10 aromatic carbocycles. The highest BCUT2D eigenvalue weighted by Gasteiger charge is 2.52. The Labute approximate surface area is 410 Å². The van der Waals surface area contributed by atoms with Crippen molar-refractivity contribution in [1.82, 2.24) is 0 Å². The number of benzene rings is 10. The molecule has 0 fully saturated rings. The molecular formula is C68H49NO. The van der Waals surface area contributed by atoms with Crippen LogP contribution in [0, 0.1) is 5.92 Å². The van der Waals surface area contributed by atoms with Crippen LogP contribution in [-0.2, 0) is 5.41 Å². The molecule has 1 heterocycles. The molecule has 2 nitrogen and oxygen atoms in total. The first-order valence-corrected chi connectivity index (χ1v) is 24.5. The number of nitrogens with zero attached hydrogens (tertiary/aromatic N) is 1. The number of hydrogen-bond acceptors (Lipinski definition) is 2. The SMILES string of the molecule is CC1C=CC(c2cc(-c3ccccc3)cc(N(c3ccccc3-c3ccccc3-c3ccccc3-c3ccccc3)c3cccc4c3-c3ccccc3C43c4ccccc4Oc4ccccc43)c2)=CC1. The van der Waals surface area contributed by atoms with Crippen LogP contribution >= 0.6 is 0 Å². The molecule has 1 atom stereocenters. The molecule has 1 aliphatic heterocycles. The second kappa shape index (κ2) is 17.1. The minimum Gasteiger partial charge on any atom is -0.457 e. The highest BCUT2D eigenvalue weighted by atomic mass is 16.5. The predicted octanol–water partition coefficient (Wildman–Crippen LogP) is 18.3. The summed E-state index contributed by atoms with van der Waals surface area (Å²) in [5, 5.41) is 0. The molecule has 0 N–H and O–H groups in total. The molecule has 70 heavy (non-hydrogen) atoms. The van der Waals surface area contributed by atoms with Gasteiger partial charge in [0, 0.05) is 27.9 Å². The standard InChI is InChI=1S/C68H49NO/c1-46-39-41-48(42-40-46)51-43-50(47-21-4-2-5-22-47)44-52(45-51)69(63-35-17-13-29-57(63)56-28-11-10-27-55(56)54-26-9-8-25-53(54)49-23-6-3-7-24-49)64-36-20-34-62-67(64)58-30-12-14-31-59(58)68(62)60-32-15-18-37-65(60)70-66-38-19-16-33-61(66)68/h2-39,41-46H,40H2,1H3. The van der Waals surface area contributed by atoms with Gasteiger partial charge in [-0.15, -0.1) is 0 Å². The molecule has 0 radical (unpaired) electrons. The van der Waals surface area contributed by atoms with Crippen LogP contribution in [0.1, 0.15) is 41.2 Å². The zero-order valence-corrected chi connectivity index (χ0v) is 39.0. The van der Waals surface area contributed by atoms with E-state index in [0.29, 0.717) is 5.92 Å². The van der Waals surface area contributed by atoms with Crippen molar-refractivity contribution < 1.29 is 4.74 Å².